The Hall–Kier alpha value is -2.15. The molecule has 3 nitrogen and oxygen atoms in total. The van der Waals surface area contributed by atoms with E-state index in [1.807, 2.05) is 0 Å². The standard InChI is InChI=1S/C14H10F3NO2S/c15-14(16,17)12-8-6-11(7-9-12)10-18-21(19,20)13-4-2-1-3-5-13/h1-10H/b18-10-. The molecule has 0 saturated heterocycles. The van der Waals surface area contributed by atoms with Gasteiger partial charge >= 0.3 is 6.18 Å². The Balaban J connectivity index is 2.22. The van der Waals surface area contributed by atoms with Crippen molar-refractivity contribution in [3.05, 3.63) is 65.7 Å². The fraction of sp³-hybridized carbons (Fsp3) is 0.0714. The van der Waals surface area contributed by atoms with Gasteiger partial charge in [0.25, 0.3) is 10.0 Å². The van der Waals surface area contributed by atoms with Gasteiger partial charge in [-0.25, -0.2) is 0 Å². The normalized spacial score (nSPS) is 12.7. The second-order valence-electron chi connectivity index (χ2n) is 4.14. The number of halogens is 3. The highest BCUT2D eigenvalue weighted by Crippen LogP contribution is 2.28. The topological polar surface area (TPSA) is 46.5 Å². The highest BCUT2D eigenvalue weighted by Gasteiger charge is 2.29. The monoisotopic (exact) mass is 313 g/mol. The summed E-state index contributed by atoms with van der Waals surface area (Å²) < 4.78 is 64.3. The van der Waals surface area contributed by atoms with Crippen LogP contribution in [0.3, 0.4) is 0 Å². The number of hydrogen-bond acceptors (Lipinski definition) is 2. The van der Waals surface area contributed by atoms with Crippen molar-refractivity contribution < 1.29 is 21.6 Å². The summed E-state index contributed by atoms with van der Waals surface area (Å²) in [6, 6.07) is 11.6. The van der Waals surface area contributed by atoms with Crippen LogP contribution >= 0.6 is 0 Å². The fourth-order valence-corrected chi connectivity index (χ4v) is 2.43. The van der Waals surface area contributed by atoms with Gasteiger partial charge in [-0.05, 0) is 29.8 Å². The van der Waals surface area contributed by atoms with Crippen LogP contribution in [0.2, 0.25) is 0 Å². The molecule has 0 atom stereocenters. The first-order chi connectivity index (χ1) is 9.79. The van der Waals surface area contributed by atoms with Crippen molar-refractivity contribution in [3.8, 4) is 0 Å². The van der Waals surface area contributed by atoms with E-state index in [0.717, 1.165) is 30.5 Å². The van der Waals surface area contributed by atoms with Gasteiger partial charge in [0, 0.05) is 6.21 Å². The van der Waals surface area contributed by atoms with Crippen LogP contribution in [0.5, 0.6) is 0 Å². The van der Waals surface area contributed by atoms with E-state index in [1.165, 1.54) is 12.1 Å². The quantitative estimate of drug-likeness (QED) is 0.814. The molecule has 0 unspecified atom stereocenters. The van der Waals surface area contributed by atoms with Gasteiger partial charge < -0.3 is 0 Å². The Labute approximate surface area is 119 Å². The maximum atomic E-state index is 12.4. The lowest BCUT2D eigenvalue weighted by atomic mass is 10.1. The first-order valence-corrected chi connectivity index (χ1v) is 7.26. The molecule has 0 amide bonds. The van der Waals surface area contributed by atoms with Gasteiger partial charge in [0.15, 0.2) is 0 Å². The Kier molecular flexibility index (Phi) is 4.13. The van der Waals surface area contributed by atoms with Crippen LogP contribution in [0.25, 0.3) is 0 Å². The summed E-state index contributed by atoms with van der Waals surface area (Å²) >= 11 is 0. The van der Waals surface area contributed by atoms with Gasteiger partial charge in [-0.2, -0.15) is 26.0 Å². The summed E-state index contributed by atoms with van der Waals surface area (Å²) in [5, 5.41) is 0. The Morgan fingerprint density at radius 1 is 0.905 bits per heavy atom. The Bertz CT molecular complexity index is 736. The number of rotatable bonds is 3. The van der Waals surface area contributed by atoms with E-state index in [2.05, 4.69) is 4.40 Å². The smallest absolute Gasteiger partial charge is 0.199 e. The molecule has 7 heteroatoms. The summed E-state index contributed by atoms with van der Waals surface area (Å²) in [4.78, 5) is 0.0214. The summed E-state index contributed by atoms with van der Waals surface area (Å²) in [6.07, 6.45) is -3.41. The van der Waals surface area contributed by atoms with Gasteiger partial charge in [-0.1, -0.05) is 30.3 Å². The molecule has 0 spiro atoms. The molecule has 0 saturated carbocycles. The fourth-order valence-electron chi connectivity index (χ4n) is 1.54. The third-order valence-corrected chi connectivity index (χ3v) is 3.87. The molecule has 0 heterocycles. The summed E-state index contributed by atoms with van der Waals surface area (Å²) in [7, 11) is -3.85. The SMILES string of the molecule is O=S(=O)(/N=C\c1ccc(C(F)(F)F)cc1)c1ccccc1. The summed E-state index contributed by atoms with van der Waals surface area (Å²) in [5.74, 6) is 0. The minimum absolute atomic E-state index is 0.0214. The largest absolute Gasteiger partial charge is 0.416 e. The van der Waals surface area contributed by atoms with Crippen molar-refractivity contribution in [2.75, 3.05) is 0 Å². The molecule has 2 aromatic rings. The van der Waals surface area contributed by atoms with Crippen molar-refractivity contribution >= 4 is 16.2 Å². The maximum Gasteiger partial charge on any atom is 0.416 e. The highest BCUT2D eigenvalue weighted by molar-refractivity contribution is 7.90. The van der Waals surface area contributed by atoms with Crippen molar-refractivity contribution in [2.45, 2.75) is 11.1 Å². The molecule has 110 valence electrons. The average Bonchev–Trinajstić information content (AvgIpc) is 2.46. The number of hydrogen-bond donors (Lipinski definition) is 0. The van der Waals surface area contributed by atoms with E-state index in [-0.39, 0.29) is 10.5 Å². The average molecular weight is 313 g/mol. The van der Waals surface area contributed by atoms with Gasteiger partial charge in [-0.3, -0.25) is 0 Å². The lowest BCUT2D eigenvalue weighted by Gasteiger charge is -2.05. The molecule has 0 N–H and O–H groups in total. The van der Waals surface area contributed by atoms with Crippen LogP contribution in [-0.4, -0.2) is 14.6 Å². The zero-order chi connectivity index (χ0) is 15.5. The van der Waals surface area contributed by atoms with Crippen LogP contribution in [0.15, 0.2) is 63.9 Å². The minimum atomic E-state index is -4.42. The van der Waals surface area contributed by atoms with E-state index < -0.39 is 21.8 Å². The minimum Gasteiger partial charge on any atom is -0.199 e. The second-order valence-corrected chi connectivity index (χ2v) is 5.77. The van der Waals surface area contributed by atoms with E-state index in [0.29, 0.717) is 0 Å². The van der Waals surface area contributed by atoms with E-state index in [4.69, 9.17) is 0 Å². The lowest BCUT2D eigenvalue weighted by molar-refractivity contribution is -0.137. The Morgan fingerprint density at radius 3 is 2.00 bits per heavy atom. The molecular weight excluding hydrogens is 303 g/mol. The number of alkyl halides is 3. The molecule has 0 aromatic heterocycles. The van der Waals surface area contributed by atoms with E-state index >= 15 is 0 Å². The van der Waals surface area contributed by atoms with Crippen LogP contribution in [0, 0.1) is 0 Å². The third-order valence-electron chi connectivity index (χ3n) is 2.62. The van der Waals surface area contributed by atoms with Crippen LogP contribution in [0.1, 0.15) is 11.1 Å². The van der Waals surface area contributed by atoms with Crippen LogP contribution in [0.4, 0.5) is 13.2 Å². The van der Waals surface area contributed by atoms with Gasteiger partial charge in [-0.15, -0.1) is 0 Å². The summed E-state index contributed by atoms with van der Waals surface area (Å²) in [6.45, 7) is 0. The first kappa shape index (κ1) is 15.2. The van der Waals surface area contributed by atoms with Crippen LogP contribution in [-0.2, 0) is 16.2 Å². The maximum absolute atomic E-state index is 12.4. The molecule has 0 aliphatic rings. The number of sulfonamides is 1. The van der Waals surface area contributed by atoms with Crippen molar-refractivity contribution in [2.24, 2.45) is 4.40 Å². The predicted molar refractivity (Wildman–Crippen MR) is 72.7 cm³/mol. The highest BCUT2D eigenvalue weighted by atomic mass is 32.2. The van der Waals surface area contributed by atoms with Crippen molar-refractivity contribution in [3.63, 3.8) is 0 Å². The lowest BCUT2D eigenvalue weighted by Crippen LogP contribution is -2.04. The predicted octanol–water partition coefficient (Wildman–Crippen LogP) is 3.51. The zero-order valence-corrected chi connectivity index (χ0v) is 11.4. The molecule has 0 bridgehead atoms. The second kappa shape index (κ2) is 5.69. The van der Waals surface area contributed by atoms with Gasteiger partial charge in [0.05, 0.1) is 10.5 Å². The van der Waals surface area contributed by atoms with E-state index in [1.54, 1.807) is 18.2 Å². The molecule has 0 aliphatic carbocycles. The van der Waals surface area contributed by atoms with Crippen molar-refractivity contribution in [1.29, 1.82) is 0 Å². The molecule has 2 rings (SSSR count). The molecule has 0 radical (unpaired) electrons. The Morgan fingerprint density at radius 2 is 1.48 bits per heavy atom. The van der Waals surface area contributed by atoms with E-state index in [9.17, 15) is 21.6 Å². The number of benzene rings is 2. The van der Waals surface area contributed by atoms with Gasteiger partial charge in [0.2, 0.25) is 0 Å². The van der Waals surface area contributed by atoms with Gasteiger partial charge in [0.1, 0.15) is 0 Å². The van der Waals surface area contributed by atoms with Crippen molar-refractivity contribution in [1.82, 2.24) is 0 Å². The molecule has 0 fully saturated rings. The number of nitrogens with zero attached hydrogens (tertiary/aromatic N) is 1. The zero-order valence-electron chi connectivity index (χ0n) is 10.6. The summed E-state index contributed by atoms with van der Waals surface area (Å²) in [5.41, 5.74) is -0.534. The molecule has 0 aliphatic heterocycles. The molecule has 21 heavy (non-hydrogen) atoms. The first-order valence-electron chi connectivity index (χ1n) is 5.82. The molecule has 2 aromatic carbocycles. The molecular formula is C14H10F3NO2S. The van der Waals surface area contributed by atoms with Crippen LogP contribution < -0.4 is 0 Å². The third kappa shape index (κ3) is 3.91.